The van der Waals surface area contributed by atoms with Gasteiger partial charge in [-0.15, -0.1) is 0 Å². The van der Waals surface area contributed by atoms with E-state index >= 15 is 0 Å². The molecule has 2 heterocycles. The maximum absolute atomic E-state index is 11.0. The number of anilines is 1. The summed E-state index contributed by atoms with van der Waals surface area (Å²) in [6, 6.07) is 6.50. The maximum atomic E-state index is 11.0. The molecule has 0 aromatic carbocycles. The van der Waals surface area contributed by atoms with E-state index in [1.165, 1.54) is 0 Å². The molecule has 0 radical (unpaired) electrons. The molecule has 1 fully saturated rings. The van der Waals surface area contributed by atoms with Crippen molar-refractivity contribution in [2.75, 3.05) is 11.4 Å². The average Bonchev–Trinajstić information content (AvgIpc) is 2.78. The van der Waals surface area contributed by atoms with E-state index in [-0.39, 0.29) is 0 Å². The number of carbonyl (C=O) groups is 1. The number of hydrogen-bond donors (Lipinski definition) is 1. The lowest BCUT2D eigenvalue weighted by Crippen LogP contribution is -2.36. The molecule has 1 aliphatic rings. The largest absolute Gasteiger partial charge is 0.480 e. The number of rotatable bonds is 2. The molecule has 5 nitrogen and oxygen atoms in total. The van der Waals surface area contributed by atoms with Gasteiger partial charge in [-0.05, 0) is 25.0 Å². The molecular formula is C11H11N3O2. The molecule has 0 amide bonds. The number of nitriles is 1. The number of pyridine rings is 1. The minimum Gasteiger partial charge on any atom is -0.480 e. The van der Waals surface area contributed by atoms with E-state index in [9.17, 15) is 4.79 Å². The molecule has 0 saturated carbocycles. The van der Waals surface area contributed by atoms with Gasteiger partial charge in [0, 0.05) is 6.54 Å². The van der Waals surface area contributed by atoms with Crippen LogP contribution in [0.3, 0.4) is 0 Å². The average molecular weight is 217 g/mol. The van der Waals surface area contributed by atoms with E-state index in [1.807, 2.05) is 6.07 Å². The van der Waals surface area contributed by atoms with Crippen LogP contribution < -0.4 is 4.90 Å². The zero-order valence-electron chi connectivity index (χ0n) is 8.63. The van der Waals surface area contributed by atoms with Crippen molar-refractivity contribution >= 4 is 11.8 Å². The minimum absolute atomic E-state index is 0.313. The van der Waals surface area contributed by atoms with Gasteiger partial charge in [0.25, 0.3) is 0 Å². The summed E-state index contributed by atoms with van der Waals surface area (Å²) in [7, 11) is 0. The maximum Gasteiger partial charge on any atom is 0.326 e. The van der Waals surface area contributed by atoms with E-state index < -0.39 is 12.0 Å². The van der Waals surface area contributed by atoms with E-state index in [0.29, 0.717) is 24.5 Å². The summed E-state index contributed by atoms with van der Waals surface area (Å²) >= 11 is 0. The fourth-order valence-electron chi connectivity index (χ4n) is 1.94. The first-order valence-electron chi connectivity index (χ1n) is 5.09. The zero-order chi connectivity index (χ0) is 11.5. The summed E-state index contributed by atoms with van der Waals surface area (Å²) in [6.45, 7) is 0.679. The quantitative estimate of drug-likeness (QED) is 0.799. The van der Waals surface area contributed by atoms with Crippen LogP contribution in [0.25, 0.3) is 0 Å². The highest BCUT2D eigenvalue weighted by Gasteiger charge is 2.31. The Morgan fingerprint density at radius 2 is 2.44 bits per heavy atom. The summed E-state index contributed by atoms with van der Waals surface area (Å²) in [5.41, 5.74) is 0.313. The van der Waals surface area contributed by atoms with Crippen LogP contribution in [0, 0.1) is 11.3 Å². The van der Waals surface area contributed by atoms with Crippen molar-refractivity contribution in [3.8, 4) is 6.07 Å². The van der Waals surface area contributed by atoms with Gasteiger partial charge in [0.2, 0.25) is 0 Å². The van der Waals surface area contributed by atoms with E-state index in [4.69, 9.17) is 10.4 Å². The van der Waals surface area contributed by atoms with Gasteiger partial charge in [-0.2, -0.15) is 5.26 Å². The van der Waals surface area contributed by atoms with E-state index in [2.05, 4.69) is 4.98 Å². The molecule has 1 atom stereocenters. The van der Waals surface area contributed by atoms with Crippen molar-refractivity contribution in [3.05, 3.63) is 23.9 Å². The van der Waals surface area contributed by atoms with Crippen molar-refractivity contribution in [1.29, 1.82) is 5.26 Å². The third kappa shape index (κ3) is 1.82. The van der Waals surface area contributed by atoms with Gasteiger partial charge in [-0.1, -0.05) is 6.07 Å². The van der Waals surface area contributed by atoms with Crippen molar-refractivity contribution in [3.63, 3.8) is 0 Å². The summed E-state index contributed by atoms with van der Waals surface area (Å²) in [6.07, 6.45) is 1.48. The molecular weight excluding hydrogens is 206 g/mol. The molecule has 1 unspecified atom stereocenters. The first-order chi connectivity index (χ1) is 7.72. The Kier molecular flexibility index (Phi) is 2.73. The van der Waals surface area contributed by atoms with E-state index in [0.717, 1.165) is 6.42 Å². The lowest BCUT2D eigenvalue weighted by molar-refractivity contribution is -0.138. The molecule has 1 aliphatic heterocycles. The summed E-state index contributed by atoms with van der Waals surface area (Å²) in [4.78, 5) is 16.9. The standard InChI is InChI=1S/C11H11N3O2/c12-7-8-3-1-5-10(13-8)14-6-2-4-9(14)11(15)16/h1,3,5,9H,2,4,6H2,(H,15,16). The second kappa shape index (κ2) is 4.19. The number of carboxylic acids is 1. The molecule has 16 heavy (non-hydrogen) atoms. The molecule has 0 aliphatic carbocycles. The van der Waals surface area contributed by atoms with E-state index in [1.54, 1.807) is 23.1 Å². The van der Waals surface area contributed by atoms with Crippen LogP contribution in [0.2, 0.25) is 0 Å². The molecule has 1 N–H and O–H groups in total. The molecule has 82 valence electrons. The van der Waals surface area contributed by atoms with Crippen LogP contribution in [0.1, 0.15) is 18.5 Å². The zero-order valence-corrected chi connectivity index (χ0v) is 8.63. The Morgan fingerprint density at radius 3 is 3.12 bits per heavy atom. The Morgan fingerprint density at radius 1 is 1.62 bits per heavy atom. The van der Waals surface area contributed by atoms with Gasteiger partial charge >= 0.3 is 5.97 Å². The molecule has 1 saturated heterocycles. The molecule has 2 rings (SSSR count). The lowest BCUT2D eigenvalue weighted by atomic mass is 10.2. The van der Waals surface area contributed by atoms with Gasteiger partial charge in [0.1, 0.15) is 23.6 Å². The van der Waals surface area contributed by atoms with Crippen LogP contribution in [0.4, 0.5) is 5.82 Å². The topological polar surface area (TPSA) is 77.2 Å². The Bertz CT molecular complexity index is 453. The second-order valence-electron chi connectivity index (χ2n) is 3.68. The number of aliphatic carboxylic acids is 1. The molecule has 1 aromatic rings. The van der Waals surface area contributed by atoms with Gasteiger partial charge < -0.3 is 10.0 Å². The van der Waals surface area contributed by atoms with Crippen molar-refractivity contribution in [2.45, 2.75) is 18.9 Å². The van der Waals surface area contributed by atoms with Gasteiger partial charge in [0.05, 0.1) is 0 Å². The number of carboxylic acid groups (broad SMARTS) is 1. The lowest BCUT2D eigenvalue weighted by Gasteiger charge is -2.22. The van der Waals surface area contributed by atoms with Crippen molar-refractivity contribution < 1.29 is 9.90 Å². The summed E-state index contributed by atoms with van der Waals surface area (Å²) < 4.78 is 0. The highest BCUT2D eigenvalue weighted by Crippen LogP contribution is 2.23. The minimum atomic E-state index is -0.832. The van der Waals surface area contributed by atoms with Crippen LogP contribution in [-0.4, -0.2) is 28.6 Å². The number of aromatic nitrogens is 1. The van der Waals surface area contributed by atoms with Crippen LogP contribution in [0.15, 0.2) is 18.2 Å². The third-order valence-corrected chi connectivity index (χ3v) is 2.68. The highest BCUT2D eigenvalue weighted by molar-refractivity contribution is 5.78. The van der Waals surface area contributed by atoms with Crippen LogP contribution >= 0.6 is 0 Å². The normalized spacial score (nSPS) is 19.4. The van der Waals surface area contributed by atoms with Gasteiger partial charge in [0.15, 0.2) is 0 Å². The Labute approximate surface area is 92.9 Å². The van der Waals surface area contributed by atoms with Crippen molar-refractivity contribution in [1.82, 2.24) is 4.98 Å². The SMILES string of the molecule is N#Cc1cccc(N2CCCC2C(=O)O)n1. The number of hydrogen-bond acceptors (Lipinski definition) is 4. The first kappa shape index (κ1) is 10.4. The van der Waals surface area contributed by atoms with Gasteiger partial charge in [-0.25, -0.2) is 9.78 Å². The Balaban J connectivity index is 2.29. The molecule has 0 bridgehead atoms. The monoisotopic (exact) mass is 217 g/mol. The summed E-state index contributed by atoms with van der Waals surface area (Å²) in [5, 5.41) is 17.8. The number of nitrogens with zero attached hydrogens (tertiary/aromatic N) is 3. The van der Waals surface area contributed by atoms with Gasteiger partial charge in [-0.3, -0.25) is 0 Å². The molecule has 5 heteroatoms. The Hall–Kier alpha value is -2.09. The van der Waals surface area contributed by atoms with Crippen molar-refractivity contribution in [2.24, 2.45) is 0 Å². The predicted octanol–water partition coefficient (Wildman–Crippen LogP) is 1.01. The first-order valence-corrected chi connectivity index (χ1v) is 5.09. The fourth-order valence-corrected chi connectivity index (χ4v) is 1.94. The fraction of sp³-hybridized carbons (Fsp3) is 0.364. The molecule has 0 spiro atoms. The molecule has 1 aromatic heterocycles. The van der Waals surface area contributed by atoms with Crippen LogP contribution in [-0.2, 0) is 4.79 Å². The predicted molar refractivity (Wildman–Crippen MR) is 57.0 cm³/mol. The smallest absolute Gasteiger partial charge is 0.326 e. The second-order valence-corrected chi connectivity index (χ2v) is 3.68. The van der Waals surface area contributed by atoms with Crippen LogP contribution in [0.5, 0.6) is 0 Å². The summed E-state index contributed by atoms with van der Waals surface area (Å²) in [5.74, 6) is -0.259. The highest BCUT2D eigenvalue weighted by atomic mass is 16.4. The third-order valence-electron chi connectivity index (χ3n) is 2.68.